The maximum Gasteiger partial charge on any atom is 0.328 e. The molecule has 1 aromatic carbocycles. The van der Waals surface area contributed by atoms with Crippen molar-refractivity contribution in [2.75, 3.05) is 33.0 Å². The van der Waals surface area contributed by atoms with Crippen molar-refractivity contribution in [2.45, 2.75) is 20.0 Å². The number of aromatic nitrogens is 2. The average Bonchev–Trinajstić information content (AvgIpc) is 3.11. The predicted molar refractivity (Wildman–Crippen MR) is 100 cm³/mol. The van der Waals surface area contributed by atoms with Crippen molar-refractivity contribution in [3.05, 3.63) is 56.4 Å². The second kappa shape index (κ2) is 7.51. The second-order valence-electron chi connectivity index (χ2n) is 7.03. The summed E-state index contributed by atoms with van der Waals surface area (Å²) in [7, 11) is 0. The van der Waals surface area contributed by atoms with Crippen LogP contribution in [-0.2, 0) is 17.9 Å². The van der Waals surface area contributed by atoms with E-state index in [0.29, 0.717) is 37.6 Å². The molecule has 1 amide bonds. The maximum atomic E-state index is 12.5. The van der Waals surface area contributed by atoms with Gasteiger partial charge in [0.1, 0.15) is 0 Å². The summed E-state index contributed by atoms with van der Waals surface area (Å²) in [6.45, 7) is 4.68. The van der Waals surface area contributed by atoms with Crippen molar-refractivity contribution >= 4 is 5.91 Å². The topological polar surface area (TPSA) is 96.9 Å². The number of H-pyrrole nitrogens is 1. The van der Waals surface area contributed by atoms with E-state index in [1.54, 1.807) is 11.8 Å². The Labute approximate surface area is 161 Å². The van der Waals surface area contributed by atoms with Crippen LogP contribution in [0.25, 0.3) is 0 Å². The number of carbonyl (C=O) groups excluding carboxylic acids is 1. The van der Waals surface area contributed by atoms with Gasteiger partial charge in [0.2, 0.25) is 12.7 Å². The van der Waals surface area contributed by atoms with Crippen LogP contribution >= 0.6 is 0 Å². The summed E-state index contributed by atoms with van der Waals surface area (Å²) in [4.78, 5) is 42.8. The number of benzene rings is 1. The van der Waals surface area contributed by atoms with Gasteiger partial charge < -0.3 is 19.4 Å². The fraction of sp³-hybridized carbons (Fsp3) is 0.421. The predicted octanol–water partition coefficient (Wildman–Crippen LogP) is -0.0819. The zero-order chi connectivity index (χ0) is 19.7. The number of amides is 1. The highest BCUT2D eigenvalue weighted by atomic mass is 16.7. The van der Waals surface area contributed by atoms with Crippen LogP contribution in [0.4, 0.5) is 0 Å². The van der Waals surface area contributed by atoms with Gasteiger partial charge in [-0.25, -0.2) is 4.79 Å². The van der Waals surface area contributed by atoms with Crippen molar-refractivity contribution in [3.63, 3.8) is 0 Å². The van der Waals surface area contributed by atoms with Gasteiger partial charge in [0.15, 0.2) is 11.5 Å². The van der Waals surface area contributed by atoms with E-state index in [-0.39, 0.29) is 31.3 Å². The van der Waals surface area contributed by atoms with Crippen molar-refractivity contribution in [3.8, 4) is 11.5 Å². The van der Waals surface area contributed by atoms with E-state index >= 15 is 0 Å². The Hall–Kier alpha value is -3.07. The van der Waals surface area contributed by atoms with Gasteiger partial charge >= 0.3 is 5.69 Å². The van der Waals surface area contributed by atoms with Gasteiger partial charge in [-0.05, 0) is 24.6 Å². The van der Waals surface area contributed by atoms with Crippen LogP contribution in [0.5, 0.6) is 11.5 Å². The molecule has 1 N–H and O–H groups in total. The Morgan fingerprint density at radius 2 is 1.86 bits per heavy atom. The minimum absolute atomic E-state index is 0.0223. The summed E-state index contributed by atoms with van der Waals surface area (Å²) >= 11 is 0. The van der Waals surface area contributed by atoms with Crippen molar-refractivity contribution in [2.24, 2.45) is 0 Å². The average molecular weight is 386 g/mol. The van der Waals surface area contributed by atoms with Gasteiger partial charge in [0, 0.05) is 44.5 Å². The summed E-state index contributed by atoms with van der Waals surface area (Å²) in [5.41, 5.74) is 0.786. The third kappa shape index (κ3) is 3.79. The molecule has 2 aromatic rings. The quantitative estimate of drug-likeness (QED) is 0.772. The monoisotopic (exact) mass is 386 g/mol. The lowest BCUT2D eigenvalue weighted by molar-refractivity contribution is -0.136. The van der Waals surface area contributed by atoms with E-state index in [9.17, 15) is 14.4 Å². The first kappa shape index (κ1) is 18.3. The van der Waals surface area contributed by atoms with Gasteiger partial charge in [0.25, 0.3) is 5.56 Å². The van der Waals surface area contributed by atoms with Crippen LogP contribution in [0.15, 0.2) is 33.9 Å². The highest BCUT2D eigenvalue weighted by Gasteiger charge is 2.24. The van der Waals surface area contributed by atoms with Gasteiger partial charge in [0.05, 0.1) is 6.54 Å². The number of rotatable bonds is 5. The van der Waals surface area contributed by atoms with Gasteiger partial charge in [-0.3, -0.25) is 19.1 Å². The molecule has 0 saturated carbocycles. The van der Waals surface area contributed by atoms with Crippen LogP contribution in [0.3, 0.4) is 0 Å². The molecule has 0 bridgehead atoms. The van der Waals surface area contributed by atoms with Crippen molar-refractivity contribution in [1.29, 1.82) is 0 Å². The molecule has 0 spiro atoms. The lowest BCUT2D eigenvalue weighted by Crippen LogP contribution is -2.51. The highest BCUT2D eigenvalue weighted by molar-refractivity contribution is 5.79. The number of carbonyl (C=O) groups is 1. The number of nitrogens with one attached hydrogen (secondary N) is 1. The Kier molecular flexibility index (Phi) is 4.91. The largest absolute Gasteiger partial charge is 0.454 e. The minimum atomic E-state index is -0.419. The normalized spacial score (nSPS) is 16.6. The summed E-state index contributed by atoms with van der Waals surface area (Å²) in [6.07, 6.45) is 0. The molecule has 9 heteroatoms. The molecule has 0 atom stereocenters. The van der Waals surface area contributed by atoms with Crippen molar-refractivity contribution < 1.29 is 14.3 Å². The van der Waals surface area contributed by atoms with Crippen LogP contribution in [0.2, 0.25) is 0 Å². The zero-order valence-corrected chi connectivity index (χ0v) is 15.6. The molecule has 28 heavy (non-hydrogen) atoms. The lowest BCUT2D eigenvalue weighted by Gasteiger charge is -2.34. The van der Waals surface area contributed by atoms with Crippen LogP contribution in [0, 0.1) is 6.92 Å². The summed E-state index contributed by atoms with van der Waals surface area (Å²) < 4.78 is 11.9. The molecular weight excluding hydrogens is 364 g/mol. The Bertz CT molecular complexity index is 981. The van der Waals surface area contributed by atoms with E-state index in [4.69, 9.17) is 9.47 Å². The number of nitrogens with zero attached hydrogens (tertiary/aromatic N) is 3. The molecule has 4 rings (SSSR count). The fourth-order valence-electron chi connectivity index (χ4n) is 3.46. The Balaban J connectivity index is 1.33. The number of aryl methyl sites for hydroxylation is 1. The molecular formula is C19H22N4O5. The Morgan fingerprint density at radius 3 is 2.64 bits per heavy atom. The summed E-state index contributed by atoms with van der Waals surface area (Å²) in [6, 6.07) is 7.09. The fourth-order valence-corrected chi connectivity index (χ4v) is 3.46. The number of hydrogen-bond acceptors (Lipinski definition) is 6. The van der Waals surface area contributed by atoms with E-state index in [2.05, 4.69) is 4.98 Å². The number of aromatic amines is 1. The summed E-state index contributed by atoms with van der Waals surface area (Å²) in [5, 5.41) is 0. The van der Waals surface area contributed by atoms with E-state index in [1.165, 1.54) is 6.07 Å². The standard InChI is InChI=1S/C19H22N4O5/c1-13-8-17(24)23(19(26)20-13)7-5-21-4-6-22(18(25)11-21)10-14-2-3-15-16(9-14)28-12-27-15/h2-3,8-9H,4-7,10-12H2,1H3,(H,20,26). The smallest absolute Gasteiger partial charge is 0.328 e. The molecule has 1 aromatic heterocycles. The maximum absolute atomic E-state index is 12.5. The number of fused-ring (bicyclic) bond motifs is 1. The van der Waals surface area contributed by atoms with E-state index in [1.807, 2.05) is 23.1 Å². The molecule has 148 valence electrons. The van der Waals surface area contributed by atoms with Gasteiger partial charge in [-0.1, -0.05) is 6.07 Å². The molecule has 9 nitrogen and oxygen atoms in total. The molecule has 0 aliphatic carbocycles. The van der Waals surface area contributed by atoms with Crippen molar-refractivity contribution in [1.82, 2.24) is 19.4 Å². The van der Waals surface area contributed by atoms with E-state index in [0.717, 1.165) is 15.9 Å². The lowest BCUT2D eigenvalue weighted by atomic mass is 10.1. The highest BCUT2D eigenvalue weighted by Crippen LogP contribution is 2.32. The first-order valence-electron chi connectivity index (χ1n) is 9.19. The summed E-state index contributed by atoms with van der Waals surface area (Å²) in [5.74, 6) is 1.45. The SMILES string of the molecule is Cc1cc(=O)n(CCN2CCN(Cc3ccc4c(c3)OCO4)C(=O)C2)c(=O)[nH]1. The molecule has 2 aliphatic heterocycles. The number of hydrogen-bond donors (Lipinski definition) is 1. The van der Waals surface area contributed by atoms with Crippen LogP contribution < -0.4 is 20.7 Å². The minimum Gasteiger partial charge on any atom is -0.454 e. The third-order valence-corrected chi connectivity index (χ3v) is 5.00. The second-order valence-corrected chi connectivity index (χ2v) is 7.03. The van der Waals surface area contributed by atoms with Crippen LogP contribution in [-0.4, -0.2) is 58.2 Å². The molecule has 3 heterocycles. The number of piperazine rings is 1. The molecule has 0 unspecified atom stereocenters. The van der Waals surface area contributed by atoms with Gasteiger partial charge in [-0.15, -0.1) is 0 Å². The van der Waals surface area contributed by atoms with Crippen LogP contribution in [0.1, 0.15) is 11.3 Å². The molecule has 0 radical (unpaired) electrons. The molecule has 2 aliphatic rings. The number of ether oxygens (including phenoxy) is 2. The molecule has 1 saturated heterocycles. The third-order valence-electron chi connectivity index (χ3n) is 5.00. The molecule has 1 fully saturated rings. The Morgan fingerprint density at radius 1 is 1.04 bits per heavy atom. The zero-order valence-electron chi connectivity index (χ0n) is 15.6. The first-order chi connectivity index (χ1) is 13.5. The first-order valence-corrected chi connectivity index (χ1v) is 9.19. The van der Waals surface area contributed by atoms with Gasteiger partial charge in [-0.2, -0.15) is 0 Å². The van der Waals surface area contributed by atoms with E-state index < -0.39 is 5.69 Å².